The molecule has 0 radical (unpaired) electrons. The highest BCUT2D eigenvalue weighted by atomic mass is 35.5. The second-order valence-corrected chi connectivity index (χ2v) is 7.24. The van der Waals surface area contributed by atoms with Crippen LogP contribution in [-0.4, -0.2) is 45.1 Å². The van der Waals surface area contributed by atoms with E-state index in [1.54, 1.807) is 0 Å². The van der Waals surface area contributed by atoms with Crippen molar-refractivity contribution in [2.24, 2.45) is 5.73 Å². The van der Waals surface area contributed by atoms with Crippen LogP contribution in [-0.2, 0) is 20.9 Å². The molecule has 0 amide bonds. The molecule has 0 aliphatic carbocycles. The van der Waals surface area contributed by atoms with E-state index in [-0.39, 0.29) is 31.6 Å². The molecule has 0 spiro atoms. The maximum absolute atomic E-state index is 13.1. The Kier molecular flexibility index (Phi) is 7.06. The van der Waals surface area contributed by atoms with Crippen molar-refractivity contribution in [2.75, 3.05) is 20.2 Å². The van der Waals surface area contributed by atoms with Gasteiger partial charge >= 0.3 is 6.18 Å². The summed E-state index contributed by atoms with van der Waals surface area (Å²) in [7, 11) is -2.78. The zero-order valence-corrected chi connectivity index (χ0v) is 14.6. The normalized spacial score (nSPS) is 22.9. The molecule has 1 aromatic carbocycles. The maximum atomic E-state index is 13.1. The van der Waals surface area contributed by atoms with E-state index in [2.05, 4.69) is 0 Å². The smallest absolute Gasteiger partial charge is 0.381 e. The van der Waals surface area contributed by atoms with Crippen LogP contribution in [0.5, 0.6) is 0 Å². The van der Waals surface area contributed by atoms with E-state index in [1.807, 2.05) is 0 Å². The summed E-state index contributed by atoms with van der Waals surface area (Å²) in [4.78, 5) is -0.734. The zero-order valence-electron chi connectivity index (χ0n) is 13.0. The van der Waals surface area contributed by atoms with Crippen LogP contribution in [0.15, 0.2) is 29.2 Å². The number of sulfonamides is 1. The van der Waals surface area contributed by atoms with E-state index < -0.39 is 32.7 Å². The fraction of sp³-hybridized carbons (Fsp3) is 0.571. The fourth-order valence-corrected chi connectivity index (χ4v) is 4.66. The molecular weight excluding hydrogens is 369 g/mol. The highest BCUT2D eigenvalue weighted by Gasteiger charge is 2.42. The van der Waals surface area contributed by atoms with Gasteiger partial charge in [0.25, 0.3) is 0 Å². The van der Waals surface area contributed by atoms with Gasteiger partial charge in [0.2, 0.25) is 10.0 Å². The summed E-state index contributed by atoms with van der Waals surface area (Å²) in [5.74, 6) is 0. The standard InChI is InChI=1S/C14H19F3N2O3S.ClH/c1-22-11-6-7-19(10(8-11)9-18)23(20,21)13-5-3-2-4-12(13)14(15,16)17;/h2-5,10-11H,6-9,18H2,1H3;1H. The molecule has 2 N–H and O–H groups in total. The van der Waals surface area contributed by atoms with Crippen molar-refractivity contribution in [1.82, 2.24) is 4.31 Å². The Bertz CT molecular complexity index is 655. The first-order chi connectivity index (χ1) is 10.7. The molecule has 2 unspecified atom stereocenters. The highest BCUT2D eigenvalue weighted by molar-refractivity contribution is 7.89. The van der Waals surface area contributed by atoms with Crippen LogP contribution in [0.4, 0.5) is 13.2 Å². The molecule has 0 bridgehead atoms. The molecule has 1 aliphatic rings. The molecule has 0 saturated carbocycles. The number of halogens is 4. The first-order valence-electron chi connectivity index (χ1n) is 7.12. The predicted molar refractivity (Wildman–Crippen MR) is 85.5 cm³/mol. The van der Waals surface area contributed by atoms with Gasteiger partial charge in [-0.15, -0.1) is 12.4 Å². The molecule has 10 heteroatoms. The van der Waals surface area contributed by atoms with E-state index in [0.29, 0.717) is 12.8 Å². The van der Waals surface area contributed by atoms with Gasteiger partial charge in [0.05, 0.1) is 16.6 Å². The lowest BCUT2D eigenvalue weighted by Crippen LogP contribution is -2.51. The minimum Gasteiger partial charge on any atom is -0.381 e. The van der Waals surface area contributed by atoms with E-state index in [0.717, 1.165) is 16.4 Å². The molecule has 0 aromatic heterocycles. The fourth-order valence-electron chi connectivity index (χ4n) is 2.79. The van der Waals surface area contributed by atoms with E-state index >= 15 is 0 Å². The van der Waals surface area contributed by atoms with Crippen LogP contribution in [0.2, 0.25) is 0 Å². The number of hydrogen-bond acceptors (Lipinski definition) is 4. The Balaban J connectivity index is 0.00000288. The summed E-state index contributed by atoms with van der Waals surface area (Å²) in [6, 6.07) is 3.61. The molecule has 1 fully saturated rings. The van der Waals surface area contributed by atoms with Crippen molar-refractivity contribution >= 4 is 22.4 Å². The van der Waals surface area contributed by atoms with Gasteiger partial charge in [-0.05, 0) is 25.0 Å². The van der Waals surface area contributed by atoms with Crippen LogP contribution in [0.25, 0.3) is 0 Å². The van der Waals surface area contributed by atoms with E-state index in [9.17, 15) is 21.6 Å². The number of benzene rings is 1. The molecule has 1 aromatic rings. The Labute approximate surface area is 145 Å². The monoisotopic (exact) mass is 388 g/mol. The molecule has 5 nitrogen and oxygen atoms in total. The highest BCUT2D eigenvalue weighted by Crippen LogP contribution is 2.36. The number of hydrogen-bond donors (Lipinski definition) is 1. The Morgan fingerprint density at radius 2 is 1.96 bits per heavy atom. The van der Waals surface area contributed by atoms with Crippen LogP contribution in [0.3, 0.4) is 0 Å². The number of ether oxygens (including phenoxy) is 1. The zero-order chi connectivity index (χ0) is 17.3. The quantitative estimate of drug-likeness (QED) is 0.858. The maximum Gasteiger partial charge on any atom is 0.417 e. The number of alkyl halides is 3. The minimum atomic E-state index is -4.74. The number of nitrogens with two attached hydrogens (primary N) is 1. The number of nitrogens with zero attached hydrogens (tertiary/aromatic N) is 1. The second kappa shape index (κ2) is 8.01. The van der Waals surface area contributed by atoms with Gasteiger partial charge in [0.15, 0.2) is 0 Å². The van der Waals surface area contributed by atoms with Gasteiger partial charge in [-0.1, -0.05) is 12.1 Å². The van der Waals surface area contributed by atoms with Gasteiger partial charge in [-0.2, -0.15) is 17.5 Å². The van der Waals surface area contributed by atoms with Crippen molar-refractivity contribution < 1.29 is 26.3 Å². The van der Waals surface area contributed by atoms with Gasteiger partial charge < -0.3 is 10.5 Å². The summed E-state index contributed by atoms with van der Waals surface area (Å²) < 4.78 is 71.1. The Morgan fingerprint density at radius 1 is 1.33 bits per heavy atom. The molecule has 2 atom stereocenters. The average Bonchev–Trinajstić information content (AvgIpc) is 2.53. The van der Waals surface area contributed by atoms with Gasteiger partial charge in [-0.3, -0.25) is 0 Å². The molecular formula is C14H20ClF3N2O3S. The molecule has 24 heavy (non-hydrogen) atoms. The third-order valence-corrected chi connectivity index (χ3v) is 6.01. The minimum absolute atomic E-state index is 0. The summed E-state index contributed by atoms with van der Waals surface area (Å²) in [6.07, 6.45) is -4.11. The molecule has 1 saturated heterocycles. The largest absolute Gasteiger partial charge is 0.417 e. The van der Waals surface area contributed by atoms with Crippen molar-refractivity contribution in [2.45, 2.75) is 36.1 Å². The second-order valence-electron chi connectivity index (χ2n) is 5.38. The van der Waals surface area contributed by atoms with Crippen LogP contribution in [0.1, 0.15) is 18.4 Å². The van der Waals surface area contributed by atoms with Crippen molar-refractivity contribution in [3.63, 3.8) is 0 Å². The lowest BCUT2D eigenvalue weighted by Gasteiger charge is -2.37. The van der Waals surface area contributed by atoms with Crippen molar-refractivity contribution in [3.05, 3.63) is 29.8 Å². The van der Waals surface area contributed by atoms with E-state index in [4.69, 9.17) is 10.5 Å². The summed E-state index contributed by atoms with van der Waals surface area (Å²) in [5.41, 5.74) is 4.46. The Hall–Kier alpha value is -0.870. The molecule has 1 heterocycles. The van der Waals surface area contributed by atoms with E-state index in [1.165, 1.54) is 19.2 Å². The SMILES string of the molecule is COC1CCN(S(=O)(=O)c2ccccc2C(F)(F)F)C(CN)C1.Cl. The van der Waals surface area contributed by atoms with Crippen LogP contribution in [0, 0.1) is 0 Å². The number of methoxy groups -OCH3 is 1. The number of piperidine rings is 1. The Morgan fingerprint density at radius 3 is 2.50 bits per heavy atom. The van der Waals surface area contributed by atoms with Gasteiger partial charge in [0.1, 0.15) is 0 Å². The third-order valence-electron chi connectivity index (χ3n) is 4.00. The van der Waals surface area contributed by atoms with Crippen LogP contribution < -0.4 is 5.73 Å². The molecule has 1 aliphatic heterocycles. The topological polar surface area (TPSA) is 72.6 Å². The lowest BCUT2D eigenvalue weighted by molar-refractivity contribution is -0.140. The van der Waals surface area contributed by atoms with Gasteiger partial charge in [-0.25, -0.2) is 8.42 Å². The number of rotatable bonds is 4. The first-order valence-corrected chi connectivity index (χ1v) is 8.56. The van der Waals surface area contributed by atoms with Crippen molar-refractivity contribution in [3.8, 4) is 0 Å². The molecule has 138 valence electrons. The summed E-state index contributed by atoms with van der Waals surface area (Å²) in [5, 5.41) is 0. The summed E-state index contributed by atoms with van der Waals surface area (Å²) in [6.45, 7) is 0.0994. The lowest BCUT2D eigenvalue weighted by atomic mass is 10.0. The predicted octanol–water partition coefficient (Wildman–Crippen LogP) is 2.25. The van der Waals surface area contributed by atoms with Gasteiger partial charge in [0, 0.05) is 26.2 Å². The third kappa shape index (κ3) is 4.20. The van der Waals surface area contributed by atoms with Crippen molar-refractivity contribution in [1.29, 1.82) is 0 Å². The average molecular weight is 389 g/mol. The summed E-state index contributed by atoms with van der Waals surface area (Å²) >= 11 is 0. The first kappa shape index (κ1) is 21.2. The van der Waals surface area contributed by atoms with Crippen LogP contribution >= 0.6 is 12.4 Å². The molecule has 2 rings (SSSR count).